The molecule has 1 heterocycles. The van der Waals surface area contributed by atoms with Crippen LogP contribution in [0.25, 0.3) is 16.3 Å². The van der Waals surface area contributed by atoms with Gasteiger partial charge in [-0.05, 0) is 51.6 Å². The van der Waals surface area contributed by atoms with Crippen molar-refractivity contribution in [1.82, 2.24) is 9.88 Å². The quantitative estimate of drug-likeness (QED) is 0.621. The van der Waals surface area contributed by atoms with Gasteiger partial charge in [0.05, 0.1) is 0 Å². The molecule has 3 heteroatoms. The number of piperazine rings is 1. The van der Waals surface area contributed by atoms with E-state index in [2.05, 4.69) is 90.6 Å². The highest BCUT2D eigenvalue weighted by atomic mass is 28.3. The van der Waals surface area contributed by atoms with Crippen LogP contribution in [0.4, 0.5) is 0 Å². The van der Waals surface area contributed by atoms with Crippen molar-refractivity contribution in [3.8, 4) is 0 Å². The first-order valence-corrected chi connectivity index (χ1v) is 15.0. The average Bonchev–Trinajstić information content (AvgIpc) is 3.19. The Morgan fingerprint density at radius 1 is 1.03 bits per heavy atom. The van der Waals surface area contributed by atoms with E-state index < -0.39 is 8.24 Å². The Kier molecular flexibility index (Phi) is 5.47. The lowest BCUT2D eigenvalue weighted by atomic mass is 9.80. The average molecular weight is 417 g/mol. The molecule has 2 aliphatic carbocycles. The van der Waals surface area contributed by atoms with E-state index in [4.69, 9.17) is 0 Å². The van der Waals surface area contributed by atoms with Gasteiger partial charge in [0, 0.05) is 26.2 Å². The molecule has 0 spiro atoms. The predicted molar refractivity (Wildman–Crippen MR) is 132 cm³/mol. The van der Waals surface area contributed by atoms with Crippen molar-refractivity contribution < 1.29 is 0 Å². The zero-order valence-electron chi connectivity index (χ0n) is 18.8. The highest BCUT2D eigenvalue weighted by Crippen LogP contribution is 2.58. The van der Waals surface area contributed by atoms with Gasteiger partial charge < -0.3 is 9.88 Å². The zero-order valence-corrected chi connectivity index (χ0v) is 19.8. The molecule has 2 aromatic carbocycles. The predicted octanol–water partition coefficient (Wildman–Crippen LogP) is 5.94. The van der Waals surface area contributed by atoms with E-state index in [0.717, 1.165) is 24.5 Å². The molecule has 4 unspecified atom stereocenters. The van der Waals surface area contributed by atoms with Gasteiger partial charge in [-0.2, -0.15) is 0 Å². The number of nitrogens with one attached hydrogen (secondary N) is 1. The molecule has 0 bridgehead atoms. The molecule has 3 aliphatic rings. The maximum atomic E-state index is 3.56. The van der Waals surface area contributed by atoms with Crippen LogP contribution in [0.5, 0.6) is 0 Å². The molecule has 5 rings (SSSR count). The third-order valence-electron chi connectivity index (χ3n) is 8.33. The number of fused-ring (bicyclic) bond motifs is 2. The molecule has 4 atom stereocenters. The highest BCUT2D eigenvalue weighted by Gasteiger charge is 2.52. The SMILES string of the molecule is CCC1CC2C(c3cccc4ccccc34)=CC=CC2C1[Si](C)(C)N1CCNCC1. The number of nitrogens with zero attached hydrogens (tertiary/aromatic N) is 1. The largest absolute Gasteiger partial charge is 0.321 e. The molecule has 0 amide bonds. The van der Waals surface area contributed by atoms with Crippen molar-refractivity contribution >= 4 is 24.6 Å². The summed E-state index contributed by atoms with van der Waals surface area (Å²) in [4.78, 5) is 0. The van der Waals surface area contributed by atoms with Crippen LogP contribution in [0.1, 0.15) is 25.3 Å². The lowest BCUT2D eigenvalue weighted by molar-refractivity contribution is 0.337. The third-order valence-corrected chi connectivity index (χ3v) is 12.9. The standard InChI is InChI=1S/C27H36N2Si/c1-4-20-19-26-24(23-12-7-10-21-9-5-6-11-22(21)23)13-8-14-25(26)27(20)30(2,3)29-17-15-28-16-18-29/h5-14,20,25-28H,4,15-19H2,1-3H3. The van der Waals surface area contributed by atoms with Crippen LogP contribution in [0.3, 0.4) is 0 Å². The molecular weight excluding hydrogens is 380 g/mol. The lowest BCUT2D eigenvalue weighted by Crippen LogP contribution is -2.60. The van der Waals surface area contributed by atoms with E-state index in [1.54, 1.807) is 5.57 Å². The normalized spacial score (nSPS) is 29.8. The Morgan fingerprint density at radius 2 is 1.80 bits per heavy atom. The molecular formula is C27H36N2Si. The van der Waals surface area contributed by atoms with Gasteiger partial charge in [-0.3, -0.25) is 0 Å². The fraction of sp³-hybridized carbons (Fsp3) is 0.481. The zero-order chi connectivity index (χ0) is 20.7. The van der Waals surface area contributed by atoms with Gasteiger partial charge in [-0.15, -0.1) is 0 Å². The first kappa shape index (κ1) is 20.2. The van der Waals surface area contributed by atoms with E-state index >= 15 is 0 Å². The molecule has 0 aromatic heterocycles. The van der Waals surface area contributed by atoms with Crippen molar-refractivity contribution in [2.75, 3.05) is 26.2 Å². The molecule has 0 radical (unpaired) electrons. The summed E-state index contributed by atoms with van der Waals surface area (Å²) in [5.41, 5.74) is 3.90. The Morgan fingerprint density at radius 3 is 2.60 bits per heavy atom. The number of hydrogen-bond acceptors (Lipinski definition) is 2. The molecule has 2 fully saturated rings. The Balaban J connectivity index is 1.52. The van der Waals surface area contributed by atoms with E-state index in [9.17, 15) is 0 Å². The van der Waals surface area contributed by atoms with Crippen LogP contribution in [-0.2, 0) is 0 Å². The van der Waals surface area contributed by atoms with E-state index in [-0.39, 0.29) is 0 Å². The van der Waals surface area contributed by atoms with E-state index in [0.29, 0.717) is 11.8 Å². The maximum absolute atomic E-state index is 3.56. The summed E-state index contributed by atoms with van der Waals surface area (Å²) in [7, 11) is -1.53. The first-order valence-electron chi connectivity index (χ1n) is 11.9. The Labute approximate surface area is 183 Å². The van der Waals surface area contributed by atoms with Crippen LogP contribution in [-0.4, -0.2) is 39.0 Å². The van der Waals surface area contributed by atoms with Gasteiger partial charge in [0.2, 0.25) is 0 Å². The van der Waals surface area contributed by atoms with Gasteiger partial charge in [0.1, 0.15) is 8.24 Å². The summed E-state index contributed by atoms with van der Waals surface area (Å²) in [6, 6.07) is 15.8. The number of benzene rings is 2. The smallest absolute Gasteiger partial charge is 0.126 e. The fourth-order valence-corrected chi connectivity index (χ4v) is 11.5. The summed E-state index contributed by atoms with van der Waals surface area (Å²) in [6.45, 7) is 12.5. The van der Waals surface area contributed by atoms with Crippen molar-refractivity contribution in [1.29, 1.82) is 0 Å². The second-order valence-electron chi connectivity index (χ2n) is 10.0. The van der Waals surface area contributed by atoms with Crippen molar-refractivity contribution in [2.45, 2.75) is 38.4 Å². The first-order chi connectivity index (χ1) is 14.6. The molecule has 1 saturated heterocycles. The maximum Gasteiger partial charge on any atom is 0.126 e. The summed E-state index contributed by atoms with van der Waals surface area (Å²) in [5.74, 6) is 2.22. The number of rotatable bonds is 4. The fourth-order valence-electron chi connectivity index (χ4n) is 6.88. The lowest BCUT2D eigenvalue weighted by Gasteiger charge is -2.47. The molecule has 1 N–H and O–H groups in total. The van der Waals surface area contributed by atoms with Crippen LogP contribution in [0.2, 0.25) is 18.6 Å². The Bertz CT molecular complexity index is 964. The minimum atomic E-state index is -1.53. The molecule has 30 heavy (non-hydrogen) atoms. The molecule has 2 aromatic rings. The van der Waals surface area contributed by atoms with Gasteiger partial charge in [-0.1, -0.05) is 87.1 Å². The van der Waals surface area contributed by atoms with Crippen LogP contribution in [0.15, 0.2) is 60.7 Å². The monoisotopic (exact) mass is 416 g/mol. The second kappa shape index (κ2) is 8.10. The van der Waals surface area contributed by atoms with Crippen LogP contribution >= 0.6 is 0 Å². The van der Waals surface area contributed by atoms with Crippen LogP contribution < -0.4 is 5.32 Å². The molecule has 158 valence electrons. The topological polar surface area (TPSA) is 15.3 Å². The minimum absolute atomic E-state index is 0.672. The second-order valence-corrected chi connectivity index (χ2v) is 14.6. The number of hydrogen-bond donors (Lipinski definition) is 1. The van der Waals surface area contributed by atoms with Gasteiger partial charge >= 0.3 is 0 Å². The van der Waals surface area contributed by atoms with Gasteiger partial charge in [0.15, 0.2) is 0 Å². The molecule has 1 aliphatic heterocycles. The minimum Gasteiger partial charge on any atom is -0.321 e. The number of allylic oxidation sites excluding steroid dienone is 4. The summed E-state index contributed by atoms with van der Waals surface area (Å²) >= 11 is 0. The molecule has 1 saturated carbocycles. The third kappa shape index (κ3) is 3.32. The summed E-state index contributed by atoms with van der Waals surface area (Å²) in [5, 5.41) is 6.33. The molecule has 2 nitrogen and oxygen atoms in total. The van der Waals surface area contributed by atoms with E-state index in [1.807, 2.05) is 0 Å². The Hall–Kier alpha value is -1.68. The van der Waals surface area contributed by atoms with Gasteiger partial charge in [-0.25, -0.2) is 0 Å². The van der Waals surface area contributed by atoms with Crippen molar-refractivity contribution in [3.63, 3.8) is 0 Å². The van der Waals surface area contributed by atoms with Crippen molar-refractivity contribution in [3.05, 3.63) is 66.3 Å². The van der Waals surface area contributed by atoms with Crippen LogP contribution in [0, 0.1) is 17.8 Å². The summed E-state index contributed by atoms with van der Waals surface area (Å²) < 4.78 is 2.91. The summed E-state index contributed by atoms with van der Waals surface area (Å²) in [6.07, 6.45) is 10.1. The van der Waals surface area contributed by atoms with E-state index in [1.165, 1.54) is 42.3 Å². The van der Waals surface area contributed by atoms with Crippen molar-refractivity contribution in [2.24, 2.45) is 17.8 Å². The highest BCUT2D eigenvalue weighted by molar-refractivity contribution is 6.76. The van der Waals surface area contributed by atoms with Gasteiger partial charge in [0.25, 0.3) is 0 Å².